The van der Waals surface area contributed by atoms with Crippen molar-refractivity contribution in [3.05, 3.63) is 42.1 Å². The highest BCUT2D eigenvalue weighted by Crippen LogP contribution is 2.14. The average molecular weight is 241 g/mol. The van der Waals surface area contributed by atoms with Gasteiger partial charge >= 0.3 is 0 Å². The van der Waals surface area contributed by atoms with E-state index in [1.54, 1.807) is 0 Å². The number of fused-ring (bicyclic) bond motifs is 1. The lowest BCUT2D eigenvalue weighted by molar-refractivity contribution is 0.605. The van der Waals surface area contributed by atoms with Crippen LogP contribution in [0.3, 0.4) is 0 Å². The SMILES string of the molecule is CCCCCCCCc1ccc2ccccc2n1. The van der Waals surface area contributed by atoms with Gasteiger partial charge < -0.3 is 0 Å². The summed E-state index contributed by atoms with van der Waals surface area (Å²) in [4.78, 5) is 4.71. The monoisotopic (exact) mass is 241 g/mol. The van der Waals surface area contributed by atoms with Crippen LogP contribution in [0.1, 0.15) is 51.1 Å². The van der Waals surface area contributed by atoms with E-state index in [2.05, 4.69) is 43.3 Å². The third-order valence-electron chi connectivity index (χ3n) is 3.44. The molecule has 0 radical (unpaired) electrons. The van der Waals surface area contributed by atoms with Crippen LogP contribution in [0.15, 0.2) is 36.4 Å². The van der Waals surface area contributed by atoms with Crippen LogP contribution >= 0.6 is 0 Å². The first-order valence-corrected chi connectivity index (χ1v) is 7.25. The molecule has 1 aromatic carbocycles. The molecule has 1 aromatic heterocycles. The number of rotatable bonds is 7. The van der Waals surface area contributed by atoms with Gasteiger partial charge in [-0.05, 0) is 25.0 Å². The van der Waals surface area contributed by atoms with Crippen molar-refractivity contribution in [2.75, 3.05) is 0 Å². The Morgan fingerprint density at radius 1 is 0.833 bits per heavy atom. The molecule has 0 aliphatic heterocycles. The summed E-state index contributed by atoms with van der Waals surface area (Å²) in [6.07, 6.45) is 9.21. The van der Waals surface area contributed by atoms with E-state index in [9.17, 15) is 0 Å². The van der Waals surface area contributed by atoms with E-state index >= 15 is 0 Å². The van der Waals surface area contributed by atoms with E-state index < -0.39 is 0 Å². The zero-order valence-electron chi connectivity index (χ0n) is 11.4. The maximum absolute atomic E-state index is 4.71. The predicted molar refractivity (Wildman–Crippen MR) is 78.8 cm³/mol. The minimum absolute atomic E-state index is 1.12. The van der Waals surface area contributed by atoms with Gasteiger partial charge in [-0.15, -0.1) is 0 Å². The van der Waals surface area contributed by atoms with Crippen molar-refractivity contribution in [3.63, 3.8) is 0 Å². The Morgan fingerprint density at radius 3 is 2.50 bits per heavy atom. The van der Waals surface area contributed by atoms with Gasteiger partial charge in [-0.25, -0.2) is 0 Å². The molecule has 0 aliphatic rings. The largest absolute Gasteiger partial charge is 0.253 e. The molecule has 96 valence electrons. The summed E-state index contributed by atoms with van der Waals surface area (Å²) < 4.78 is 0. The molecule has 1 heteroatoms. The number of hydrogen-bond donors (Lipinski definition) is 0. The molecule has 0 unspecified atom stereocenters. The van der Waals surface area contributed by atoms with Crippen LogP contribution in [0.4, 0.5) is 0 Å². The number of aromatic nitrogens is 1. The Labute approximate surface area is 110 Å². The molecule has 0 fully saturated rings. The third-order valence-corrected chi connectivity index (χ3v) is 3.44. The Hall–Kier alpha value is -1.37. The van der Waals surface area contributed by atoms with Crippen LogP contribution in [0, 0.1) is 0 Å². The molecule has 2 rings (SSSR count). The molecule has 18 heavy (non-hydrogen) atoms. The van der Waals surface area contributed by atoms with Crippen LogP contribution in [-0.2, 0) is 6.42 Å². The van der Waals surface area contributed by atoms with Crippen molar-refractivity contribution in [1.29, 1.82) is 0 Å². The highest BCUT2D eigenvalue weighted by atomic mass is 14.7. The molecule has 2 aromatic rings. The normalized spacial score (nSPS) is 10.9. The van der Waals surface area contributed by atoms with Gasteiger partial charge in [0.05, 0.1) is 5.52 Å². The summed E-state index contributed by atoms with van der Waals surface area (Å²) in [7, 11) is 0. The summed E-state index contributed by atoms with van der Waals surface area (Å²) in [5, 5.41) is 1.24. The summed E-state index contributed by atoms with van der Waals surface area (Å²) in [6, 6.07) is 12.7. The van der Waals surface area contributed by atoms with Crippen LogP contribution in [0.2, 0.25) is 0 Å². The topological polar surface area (TPSA) is 12.9 Å². The maximum Gasteiger partial charge on any atom is 0.0705 e. The molecular weight excluding hydrogens is 218 g/mol. The van der Waals surface area contributed by atoms with E-state index in [0.717, 1.165) is 11.9 Å². The van der Waals surface area contributed by atoms with Gasteiger partial charge in [0.2, 0.25) is 0 Å². The van der Waals surface area contributed by atoms with Crippen molar-refractivity contribution < 1.29 is 0 Å². The number of benzene rings is 1. The van der Waals surface area contributed by atoms with Crippen molar-refractivity contribution in [2.45, 2.75) is 51.9 Å². The number of pyridine rings is 1. The van der Waals surface area contributed by atoms with Crippen LogP contribution in [0.25, 0.3) is 10.9 Å². The first-order valence-electron chi connectivity index (χ1n) is 7.25. The summed E-state index contributed by atoms with van der Waals surface area (Å²) in [5.41, 5.74) is 2.37. The van der Waals surface area contributed by atoms with Crippen LogP contribution in [-0.4, -0.2) is 4.98 Å². The molecule has 0 saturated carbocycles. The average Bonchev–Trinajstić information content (AvgIpc) is 2.42. The zero-order valence-corrected chi connectivity index (χ0v) is 11.4. The molecule has 0 N–H and O–H groups in total. The molecule has 0 saturated heterocycles. The Kier molecular flexibility index (Phi) is 5.19. The summed E-state index contributed by atoms with van der Waals surface area (Å²) in [6.45, 7) is 2.26. The lowest BCUT2D eigenvalue weighted by Gasteiger charge is -2.03. The fourth-order valence-corrected chi connectivity index (χ4v) is 2.33. The van der Waals surface area contributed by atoms with Crippen LogP contribution in [0.5, 0.6) is 0 Å². The maximum atomic E-state index is 4.71. The zero-order chi connectivity index (χ0) is 12.6. The van der Waals surface area contributed by atoms with Gasteiger partial charge in [0.25, 0.3) is 0 Å². The van der Waals surface area contributed by atoms with E-state index in [1.807, 2.05) is 0 Å². The highest BCUT2D eigenvalue weighted by Gasteiger charge is 1.98. The molecule has 0 spiro atoms. The Morgan fingerprint density at radius 2 is 1.61 bits per heavy atom. The summed E-state index contributed by atoms with van der Waals surface area (Å²) in [5.74, 6) is 0. The van der Waals surface area contributed by atoms with Gasteiger partial charge in [-0.1, -0.05) is 63.3 Å². The Balaban J connectivity index is 1.81. The minimum Gasteiger partial charge on any atom is -0.253 e. The van der Waals surface area contributed by atoms with E-state index in [1.165, 1.54) is 49.6 Å². The second-order valence-electron chi connectivity index (χ2n) is 5.01. The number of para-hydroxylation sites is 1. The van der Waals surface area contributed by atoms with Crippen LogP contribution < -0.4 is 0 Å². The van der Waals surface area contributed by atoms with Gasteiger partial charge in [0.1, 0.15) is 0 Å². The molecule has 0 aliphatic carbocycles. The number of nitrogens with zero attached hydrogens (tertiary/aromatic N) is 1. The van der Waals surface area contributed by atoms with E-state index in [0.29, 0.717) is 0 Å². The number of aryl methyl sites for hydroxylation is 1. The van der Waals surface area contributed by atoms with Crippen molar-refractivity contribution in [3.8, 4) is 0 Å². The van der Waals surface area contributed by atoms with Crippen molar-refractivity contribution >= 4 is 10.9 Å². The molecule has 0 bridgehead atoms. The molecular formula is C17H23N. The highest BCUT2D eigenvalue weighted by molar-refractivity contribution is 5.78. The molecule has 1 nitrogen and oxygen atoms in total. The van der Waals surface area contributed by atoms with Crippen molar-refractivity contribution in [1.82, 2.24) is 4.98 Å². The molecule has 0 amide bonds. The van der Waals surface area contributed by atoms with Gasteiger partial charge in [0.15, 0.2) is 0 Å². The fourth-order valence-electron chi connectivity index (χ4n) is 2.33. The fraction of sp³-hybridized carbons (Fsp3) is 0.471. The second kappa shape index (κ2) is 7.15. The predicted octanol–water partition coefficient (Wildman–Crippen LogP) is 5.14. The van der Waals surface area contributed by atoms with Gasteiger partial charge in [0, 0.05) is 11.1 Å². The summed E-state index contributed by atoms with van der Waals surface area (Å²) >= 11 is 0. The van der Waals surface area contributed by atoms with E-state index in [4.69, 9.17) is 4.98 Å². The van der Waals surface area contributed by atoms with E-state index in [-0.39, 0.29) is 0 Å². The smallest absolute Gasteiger partial charge is 0.0705 e. The minimum atomic E-state index is 1.12. The lowest BCUT2D eigenvalue weighted by atomic mass is 10.1. The number of unbranched alkanes of at least 4 members (excludes halogenated alkanes) is 5. The first kappa shape index (κ1) is 13.1. The van der Waals surface area contributed by atoms with Gasteiger partial charge in [-0.3, -0.25) is 4.98 Å². The quantitative estimate of drug-likeness (QED) is 0.612. The van der Waals surface area contributed by atoms with Crippen molar-refractivity contribution in [2.24, 2.45) is 0 Å². The first-order chi connectivity index (χ1) is 8.90. The standard InChI is InChI=1S/C17H23N/c1-2-3-4-5-6-7-11-16-14-13-15-10-8-9-12-17(15)18-16/h8-10,12-14H,2-7,11H2,1H3. The number of hydrogen-bond acceptors (Lipinski definition) is 1. The van der Waals surface area contributed by atoms with Gasteiger partial charge in [-0.2, -0.15) is 0 Å². The molecule has 1 heterocycles. The lowest BCUT2D eigenvalue weighted by Crippen LogP contribution is -1.91. The second-order valence-corrected chi connectivity index (χ2v) is 5.01. The third kappa shape index (κ3) is 3.83. The Bertz CT molecular complexity index is 476. The molecule has 0 atom stereocenters.